The van der Waals surface area contributed by atoms with Crippen LogP contribution in [0.5, 0.6) is 0 Å². The van der Waals surface area contributed by atoms with Crippen LogP contribution in [0.2, 0.25) is 0 Å². The molecule has 0 N–H and O–H groups in total. The van der Waals surface area contributed by atoms with E-state index in [-0.39, 0.29) is 18.1 Å². The van der Waals surface area contributed by atoms with E-state index in [0.29, 0.717) is 13.0 Å². The van der Waals surface area contributed by atoms with Gasteiger partial charge in [-0.3, -0.25) is 4.79 Å². The number of carbonyl (C=O) groups is 1. The third-order valence-corrected chi connectivity index (χ3v) is 4.57. The van der Waals surface area contributed by atoms with Crippen LogP contribution in [-0.4, -0.2) is 66.8 Å². The lowest BCUT2D eigenvalue weighted by Crippen LogP contribution is -2.48. The smallest absolute Gasteiger partial charge is 0.222 e. The molecule has 2 atom stereocenters. The molecule has 2 rings (SSSR count). The lowest BCUT2D eigenvalue weighted by atomic mass is 10.0. The van der Waals surface area contributed by atoms with Crippen molar-refractivity contribution in [2.45, 2.75) is 64.3 Å². The Balaban J connectivity index is 1.72. The number of nitrogens with zero attached hydrogens (tertiary/aromatic N) is 2. The number of hydrogen-bond donors (Lipinski definition) is 0. The number of amides is 1. The number of halogens is 1. The van der Waals surface area contributed by atoms with Gasteiger partial charge in [-0.05, 0) is 32.2 Å². The van der Waals surface area contributed by atoms with Crippen LogP contribution in [0.15, 0.2) is 0 Å². The van der Waals surface area contributed by atoms with E-state index in [2.05, 4.69) is 11.8 Å². The van der Waals surface area contributed by atoms with Gasteiger partial charge in [-0.15, -0.1) is 0 Å². The molecular formula is C16H29FN2O2. The first-order chi connectivity index (χ1) is 10.1. The molecule has 122 valence electrons. The van der Waals surface area contributed by atoms with E-state index in [1.165, 1.54) is 0 Å². The summed E-state index contributed by atoms with van der Waals surface area (Å²) >= 11 is 0. The summed E-state index contributed by atoms with van der Waals surface area (Å²) in [6, 6.07) is 0. The van der Waals surface area contributed by atoms with Crippen molar-refractivity contribution in [1.82, 2.24) is 9.80 Å². The van der Waals surface area contributed by atoms with Gasteiger partial charge in [0.25, 0.3) is 0 Å². The minimum Gasteiger partial charge on any atom is -0.372 e. The number of hydrogen-bond acceptors (Lipinski definition) is 3. The standard InChI is InChI=1S/C16H29FN2O2/c1-3-8-18-9-7-15(14(17)12-18)21-13-5-10-19(11-6-13)16(20)4-2/h13-15H,3-12H2,1-2H3. The van der Waals surface area contributed by atoms with E-state index < -0.39 is 6.17 Å². The normalized spacial score (nSPS) is 28.8. The maximum atomic E-state index is 14.2. The number of likely N-dealkylation sites (tertiary alicyclic amines) is 2. The maximum Gasteiger partial charge on any atom is 0.222 e. The molecule has 2 fully saturated rings. The first-order valence-corrected chi connectivity index (χ1v) is 8.43. The zero-order valence-corrected chi connectivity index (χ0v) is 13.4. The second-order valence-corrected chi connectivity index (χ2v) is 6.21. The van der Waals surface area contributed by atoms with Crippen LogP contribution >= 0.6 is 0 Å². The number of carbonyl (C=O) groups excluding carboxylic acids is 1. The zero-order chi connectivity index (χ0) is 15.2. The van der Waals surface area contributed by atoms with Crippen molar-refractivity contribution < 1.29 is 13.9 Å². The van der Waals surface area contributed by atoms with Crippen molar-refractivity contribution in [2.24, 2.45) is 0 Å². The molecule has 2 unspecified atom stereocenters. The summed E-state index contributed by atoms with van der Waals surface area (Å²) in [4.78, 5) is 15.7. The highest BCUT2D eigenvalue weighted by Gasteiger charge is 2.32. The Hall–Kier alpha value is -0.680. The highest BCUT2D eigenvalue weighted by Crippen LogP contribution is 2.23. The fraction of sp³-hybridized carbons (Fsp3) is 0.938. The van der Waals surface area contributed by atoms with Crippen molar-refractivity contribution in [2.75, 3.05) is 32.7 Å². The molecule has 1 amide bonds. The predicted molar refractivity (Wildman–Crippen MR) is 81.0 cm³/mol. The summed E-state index contributed by atoms with van der Waals surface area (Å²) in [7, 11) is 0. The molecule has 2 aliphatic heterocycles. The Morgan fingerprint density at radius 1 is 1.19 bits per heavy atom. The van der Waals surface area contributed by atoms with Crippen LogP contribution in [0, 0.1) is 0 Å². The van der Waals surface area contributed by atoms with E-state index in [0.717, 1.165) is 51.9 Å². The fourth-order valence-electron chi connectivity index (χ4n) is 3.33. The lowest BCUT2D eigenvalue weighted by Gasteiger charge is -2.38. The minimum atomic E-state index is -0.874. The van der Waals surface area contributed by atoms with Crippen molar-refractivity contribution in [1.29, 1.82) is 0 Å². The molecule has 5 heteroatoms. The molecule has 21 heavy (non-hydrogen) atoms. The van der Waals surface area contributed by atoms with Crippen molar-refractivity contribution in [3.8, 4) is 0 Å². The molecule has 2 aliphatic rings. The van der Waals surface area contributed by atoms with Crippen LogP contribution in [0.4, 0.5) is 4.39 Å². The SMILES string of the molecule is CCCN1CCC(OC2CCN(C(=O)CC)CC2)C(F)C1. The summed E-state index contributed by atoms with van der Waals surface area (Å²) in [5.41, 5.74) is 0. The first kappa shape index (κ1) is 16.7. The van der Waals surface area contributed by atoms with E-state index in [1.807, 2.05) is 11.8 Å². The van der Waals surface area contributed by atoms with E-state index in [9.17, 15) is 9.18 Å². The van der Waals surface area contributed by atoms with Gasteiger partial charge in [0.15, 0.2) is 0 Å². The third-order valence-electron chi connectivity index (χ3n) is 4.57. The monoisotopic (exact) mass is 300 g/mol. The Labute approximate surface area is 127 Å². The van der Waals surface area contributed by atoms with Crippen LogP contribution in [0.25, 0.3) is 0 Å². The third kappa shape index (κ3) is 4.65. The van der Waals surface area contributed by atoms with Crippen molar-refractivity contribution >= 4 is 5.91 Å². The average molecular weight is 300 g/mol. The molecule has 0 radical (unpaired) electrons. The molecule has 2 saturated heterocycles. The maximum absolute atomic E-state index is 14.2. The molecule has 0 aromatic rings. The van der Waals surface area contributed by atoms with Gasteiger partial charge < -0.3 is 14.5 Å². The van der Waals surface area contributed by atoms with Gasteiger partial charge in [-0.2, -0.15) is 0 Å². The van der Waals surface area contributed by atoms with Crippen molar-refractivity contribution in [3.63, 3.8) is 0 Å². The Kier molecular flexibility index (Phi) is 6.42. The lowest BCUT2D eigenvalue weighted by molar-refractivity contribution is -0.136. The van der Waals surface area contributed by atoms with Crippen LogP contribution in [0.1, 0.15) is 46.0 Å². The molecule has 0 bridgehead atoms. The molecule has 4 nitrogen and oxygen atoms in total. The van der Waals surface area contributed by atoms with E-state index in [4.69, 9.17) is 4.74 Å². The summed E-state index contributed by atoms with van der Waals surface area (Å²) < 4.78 is 20.2. The highest BCUT2D eigenvalue weighted by atomic mass is 19.1. The molecule has 0 aromatic heterocycles. The summed E-state index contributed by atoms with van der Waals surface area (Å²) in [6.45, 7) is 7.94. The summed E-state index contributed by atoms with van der Waals surface area (Å²) in [5.74, 6) is 0.213. The van der Waals surface area contributed by atoms with Crippen LogP contribution in [0.3, 0.4) is 0 Å². The van der Waals surface area contributed by atoms with E-state index in [1.54, 1.807) is 0 Å². The van der Waals surface area contributed by atoms with Crippen LogP contribution in [-0.2, 0) is 9.53 Å². The second-order valence-electron chi connectivity index (χ2n) is 6.21. The average Bonchev–Trinajstić information content (AvgIpc) is 2.50. The minimum absolute atomic E-state index is 0.117. The molecule has 0 saturated carbocycles. The topological polar surface area (TPSA) is 32.8 Å². The Bertz CT molecular complexity index is 332. The number of piperidine rings is 2. The molecule has 0 aromatic carbocycles. The second kappa shape index (κ2) is 8.08. The fourth-order valence-corrected chi connectivity index (χ4v) is 3.33. The summed E-state index contributed by atoms with van der Waals surface area (Å²) in [6.07, 6.45) is 3.09. The first-order valence-electron chi connectivity index (χ1n) is 8.43. The van der Waals surface area contributed by atoms with Gasteiger partial charge in [0.2, 0.25) is 5.91 Å². The van der Waals surface area contributed by atoms with Crippen LogP contribution < -0.4 is 0 Å². The predicted octanol–water partition coefficient (Wildman–Crippen LogP) is 2.23. The van der Waals surface area contributed by atoms with Gasteiger partial charge in [0.05, 0.1) is 12.2 Å². The molecule has 0 spiro atoms. The summed E-state index contributed by atoms with van der Waals surface area (Å²) in [5, 5.41) is 0. The number of ether oxygens (including phenoxy) is 1. The van der Waals surface area contributed by atoms with Crippen molar-refractivity contribution in [3.05, 3.63) is 0 Å². The Morgan fingerprint density at radius 3 is 2.48 bits per heavy atom. The van der Waals surface area contributed by atoms with Gasteiger partial charge in [0.1, 0.15) is 6.17 Å². The molecule has 2 heterocycles. The molecule has 0 aliphatic carbocycles. The quantitative estimate of drug-likeness (QED) is 0.780. The highest BCUT2D eigenvalue weighted by molar-refractivity contribution is 5.75. The van der Waals surface area contributed by atoms with E-state index >= 15 is 0 Å². The molecular weight excluding hydrogens is 271 g/mol. The Morgan fingerprint density at radius 2 is 1.90 bits per heavy atom. The zero-order valence-electron chi connectivity index (χ0n) is 13.4. The van der Waals surface area contributed by atoms with Gasteiger partial charge in [-0.25, -0.2) is 4.39 Å². The van der Waals surface area contributed by atoms with Gasteiger partial charge in [-0.1, -0.05) is 13.8 Å². The van der Waals surface area contributed by atoms with Gasteiger partial charge in [0, 0.05) is 32.6 Å². The number of rotatable bonds is 5. The number of alkyl halides is 1. The van der Waals surface area contributed by atoms with Gasteiger partial charge >= 0.3 is 0 Å². The largest absolute Gasteiger partial charge is 0.372 e.